The number of carbonyl (C=O) groups is 1. The van der Waals surface area contributed by atoms with Crippen LogP contribution in [0.4, 0.5) is 0 Å². The zero-order valence-corrected chi connectivity index (χ0v) is 11.5. The van der Waals surface area contributed by atoms with Crippen molar-refractivity contribution in [3.8, 4) is 0 Å². The molecule has 0 aromatic heterocycles. The van der Waals surface area contributed by atoms with E-state index in [0.29, 0.717) is 0 Å². The minimum absolute atomic E-state index is 0.279. The van der Waals surface area contributed by atoms with Crippen LogP contribution in [0.3, 0.4) is 0 Å². The average molecular weight is 270 g/mol. The van der Waals surface area contributed by atoms with E-state index in [-0.39, 0.29) is 6.42 Å². The number of carboxylic acids is 1. The van der Waals surface area contributed by atoms with Gasteiger partial charge in [-0.3, -0.25) is 4.79 Å². The molecular formula is C14H20ClNO2. The molecule has 0 unspecified atom stereocenters. The first-order valence-corrected chi connectivity index (χ1v) is 6.60. The molecule has 0 aliphatic heterocycles. The second-order valence-electron chi connectivity index (χ2n) is 4.57. The van der Waals surface area contributed by atoms with Crippen LogP contribution < -0.4 is 0 Å². The standard InChI is InChI=1S/C14H20ClNO2/c1-16(10-4-2-3-5-14(17)18)11-12-6-8-13(15)9-7-12/h6-9H,2-5,10-11H2,1H3,(H,17,18). The molecular weight excluding hydrogens is 250 g/mol. The molecule has 1 aromatic carbocycles. The first-order valence-electron chi connectivity index (χ1n) is 6.22. The Labute approximate surface area is 113 Å². The molecule has 0 radical (unpaired) electrons. The van der Waals surface area contributed by atoms with Gasteiger partial charge in [0.15, 0.2) is 0 Å². The minimum atomic E-state index is -0.704. The van der Waals surface area contributed by atoms with E-state index in [4.69, 9.17) is 16.7 Å². The maximum Gasteiger partial charge on any atom is 0.303 e. The fourth-order valence-corrected chi connectivity index (χ4v) is 1.94. The van der Waals surface area contributed by atoms with E-state index < -0.39 is 5.97 Å². The fraction of sp³-hybridized carbons (Fsp3) is 0.500. The third-order valence-corrected chi connectivity index (χ3v) is 3.05. The highest BCUT2D eigenvalue weighted by Gasteiger charge is 2.01. The molecule has 0 fully saturated rings. The summed E-state index contributed by atoms with van der Waals surface area (Å²) in [6.07, 6.45) is 3.06. The van der Waals surface area contributed by atoms with Crippen molar-refractivity contribution in [1.82, 2.24) is 4.90 Å². The van der Waals surface area contributed by atoms with Crippen LogP contribution in [0.1, 0.15) is 31.2 Å². The molecule has 0 heterocycles. The van der Waals surface area contributed by atoms with Crippen LogP contribution in [-0.4, -0.2) is 29.6 Å². The smallest absolute Gasteiger partial charge is 0.303 e. The summed E-state index contributed by atoms with van der Waals surface area (Å²) in [4.78, 5) is 12.6. The van der Waals surface area contributed by atoms with Gasteiger partial charge in [0.05, 0.1) is 0 Å². The normalized spacial score (nSPS) is 10.8. The topological polar surface area (TPSA) is 40.5 Å². The lowest BCUT2D eigenvalue weighted by Gasteiger charge is -2.16. The summed E-state index contributed by atoms with van der Waals surface area (Å²) in [6, 6.07) is 7.86. The number of carboxylic acid groups (broad SMARTS) is 1. The van der Waals surface area contributed by atoms with E-state index in [0.717, 1.165) is 37.4 Å². The van der Waals surface area contributed by atoms with Gasteiger partial charge >= 0.3 is 5.97 Å². The molecule has 100 valence electrons. The zero-order valence-electron chi connectivity index (χ0n) is 10.7. The average Bonchev–Trinajstić information content (AvgIpc) is 2.31. The number of nitrogens with zero attached hydrogens (tertiary/aromatic N) is 1. The van der Waals surface area contributed by atoms with Crippen LogP contribution in [0.15, 0.2) is 24.3 Å². The van der Waals surface area contributed by atoms with E-state index >= 15 is 0 Å². The summed E-state index contributed by atoms with van der Waals surface area (Å²) in [5, 5.41) is 9.28. The lowest BCUT2D eigenvalue weighted by Crippen LogP contribution is -2.19. The second kappa shape index (κ2) is 8.11. The van der Waals surface area contributed by atoms with Crippen molar-refractivity contribution in [1.29, 1.82) is 0 Å². The Hall–Kier alpha value is -1.06. The minimum Gasteiger partial charge on any atom is -0.481 e. The molecule has 0 aliphatic carbocycles. The molecule has 0 spiro atoms. The number of aliphatic carboxylic acids is 1. The number of benzene rings is 1. The third-order valence-electron chi connectivity index (χ3n) is 2.80. The molecule has 1 aromatic rings. The van der Waals surface area contributed by atoms with E-state index in [1.165, 1.54) is 5.56 Å². The van der Waals surface area contributed by atoms with Crippen molar-refractivity contribution >= 4 is 17.6 Å². The Balaban J connectivity index is 2.15. The summed E-state index contributed by atoms with van der Waals surface area (Å²) in [5.74, 6) is -0.704. The van der Waals surface area contributed by atoms with Gasteiger partial charge in [-0.1, -0.05) is 30.2 Å². The van der Waals surface area contributed by atoms with Gasteiger partial charge in [-0.15, -0.1) is 0 Å². The monoisotopic (exact) mass is 269 g/mol. The summed E-state index contributed by atoms with van der Waals surface area (Å²) < 4.78 is 0. The Bertz CT molecular complexity index is 365. The van der Waals surface area contributed by atoms with Gasteiger partial charge in [0.1, 0.15) is 0 Å². The van der Waals surface area contributed by atoms with Gasteiger partial charge in [-0.25, -0.2) is 0 Å². The molecule has 3 nitrogen and oxygen atoms in total. The predicted molar refractivity (Wildman–Crippen MR) is 73.9 cm³/mol. The van der Waals surface area contributed by atoms with Gasteiger partial charge in [-0.05, 0) is 44.1 Å². The zero-order chi connectivity index (χ0) is 13.4. The largest absolute Gasteiger partial charge is 0.481 e. The summed E-state index contributed by atoms with van der Waals surface area (Å²) in [6.45, 7) is 1.89. The lowest BCUT2D eigenvalue weighted by atomic mass is 10.1. The summed E-state index contributed by atoms with van der Waals surface area (Å²) >= 11 is 5.83. The molecule has 0 atom stereocenters. The van der Waals surface area contributed by atoms with Gasteiger partial charge in [0, 0.05) is 18.0 Å². The second-order valence-corrected chi connectivity index (χ2v) is 5.01. The fourth-order valence-electron chi connectivity index (χ4n) is 1.82. The quantitative estimate of drug-likeness (QED) is 0.735. The maximum absolute atomic E-state index is 10.3. The SMILES string of the molecule is CN(CCCCCC(=O)O)Cc1ccc(Cl)cc1. The number of unbranched alkanes of at least 4 members (excludes halogenated alkanes) is 2. The van der Waals surface area contributed by atoms with E-state index in [2.05, 4.69) is 11.9 Å². The molecule has 1 N–H and O–H groups in total. The van der Waals surface area contributed by atoms with Gasteiger partial charge < -0.3 is 10.0 Å². The van der Waals surface area contributed by atoms with E-state index in [1.807, 2.05) is 24.3 Å². The first kappa shape index (κ1) is 15.0. The van der Waals surface area contributed by atoms with Crippen molar-refractivity contribution in [2.24, 2.45) is 0 Å². The highest BCUT2D eigenvalue weighted by molar-refractivity contribution is 6.30. The van der Waals surface area contributed by atoms with Crippen molar-refractivity contribution < 1.29 is 9.90 Å². The van der Waals surface area contributed by atoms with Crippen molar-refractivity contribution in [2.75, 3.05) is 13.6 Å². The molecule has 0 saturated carbocycles. The van der Waals surface area contributed by atoms with Crippen molar-refractivity contribution in [3.63, 3.8) is 0 Å². The molecule has 0 saturated heterocycles. The number of halogens is 1. The van der Waals surface area contributed by atoms with Crippen LogP contribution in [0.2, 0.25) is 5.02 Å². The Morgan fingerprint density at radius 1 is 1.22 bits per heavy atom. The van der Waals surface area contributed by atoms with Crippen LogP contribution in [0.5, 0.6) is 0 Å². The predicted octanol–water partition coefficient (Wildman–Crippen LogP) is 3.42. The summed E-state index contributed by atoms with van der Waals surface area (Å²) in [5.41, 5.74) is 1.24. The van der Waals surface area contributed by atoms with E-state index in [1.54, 1.807) is 0 Å². The highest BCUT2D eigenvalue weighted by atomic mass is 35.5. The molecule has 1 rings (SSSR count). The highest BCUT2D eigenvalue weighted by Crippen LogP contribution is 2.11. The van der Waals surface area contributed by atoms with Crippen LogP contribution in [0, 0.1) is 0 Å². The molecule has 0 bridgehead atoms. The number of rotatable bonds is 8. The lowest BCUT2D eigenvalue weighted by molar-refractivity contribution is -0.137. The van der Waals surface area contributed by atoms with Crippen LogP contribution in [0.25, 0.3) is 0 Å². The van der Waals surface area contributed by atoms with Crippen LogP contribution in [-0.2, 0) is 11.3 Å². The van der Waals surface area contributed by atoms with E-state index in [9.17, 15) is 4.79 Å². The van der Waals surface area contributed by atoms with Gasteiger partial charge in [-0.2, -0.15) is 0 Å². The Kier molecular flexibility index (Phi) is 6.76. The van der Waals surface area contributed by atoms with Gasteiger partial charge in [0.25, 0.3) is 0 Å². The molecule has 18 heavy (non-hydrogen) atoms. The van der Waals surface area contributed by atoms with Crippen LogP contribution >= 0.6 is 11.6 Å². The first-order chi connectivity index (χ1) is 8.58. The number of hydrogen-bond donors (Lipinski definition) is 1. The molecule has 0 amide bonds. The third kappa shape index (κ3) is 6.62. The van der Waals surface area contributed by atoms with Crippen molar-refractivity contribution in [3.05, 3.63) is 34.9 Å². The molecule has 4 heteroatoms. The Morgan fingerprint density at radius 3 is 2.50 bits per heavy atom. The van der Waals surface area contributed by atoms with Crippen molar-refractivity contribution in [2.45, 2.75) is 32.2 Å². The maximum atomic E-state index is 10.3. The van der Waals surface area contributed by atoms with Gasteiger partial charge in [0.2, 0.25) is 0 Å². The summed E-state index contributed by atoms with van der Waals surface area (Å²) in [7, 11) is 2.08. The number of hydrogen-bond acceptors (Lipinski definition) is 2. The Morgan fingerprint density at radius 2 is 1.89 bits per heavy atom. The molecule has 0 aliphatic rings.